The first-order valence-corrected chi connectivity index (χ1v) is 6.63. The molecule has 1 rings (SSSR count). The second-order valence-electron chi connectivity index (χ2n) is 3.81. The highest BCUT2D eigenvalue weighted by atomic mass is 32.2. The maximum atomic E-state index is 11.9. The Morgan fingerprint density at radius 1 is 1.35 bits per heavy atom. The van der Waals surface area contributed by atoms with Crippen LogP contribution in [0.3, 0.4) is 0 Å². The van der Waals surface area contributed by atoms with Crippen molar-refractivity contribution in [2.75, 3.05) is 5.75 Å². The topological polar surface area (TPSA) is 71.4 Å². The Hall–Kier alpha value is -1.62. The molecule has 92 valence electrons. The van der Waals surface area contributed by atoms with Crippen LogP contribution in [0.25, 0.3) is 0 Å². The van der Waals surface area contributed by atoms with Crippen LogP contribution in [0, 0.1) is 13.8 Å². The van der Waals surface area contributed by atoms with Gasteiger partial charge in [-0.3, -0.25) is 0 Å². The lowest BCUT2D eigenvalue weighted by Crippen LogP contribution is -2.10. The lowest BCUT2D eigenvalue weighted by atomic mass is 10.1. The molecule has 0 fully saturated rings. The van der Waals surface area contributed by atoms with Gasteiger partial charge < -0.3 is 5.11 Å². The van der Waals surface area contributed by atoms with Crippen LogP contribution in [0.2, 0.25) is 0 Å². The molecular formula is C12H14O4S. The van der Waals surface area contributed by atoms with E-state index in [2.05, 4.69) is 6.58 Å². The highest BCUT2D eigenvalue weighted by molar-refractivity contribution is 7.91. The number of aryl methyl sites for hydroxylation is 2. The van der Waals surface area contributed by atoms with Crippen LogP contribution in [-0.2, 0) is 9.84 Å². The first-order chi connectivity index (χ1) is 7.79. The van der Waals surface area contributed by atoms with E-state index in [0.29, 0.717) is 11.1 Å². The van der Waals surface area contributed by atoms with Crippen LogP contribution in [0.4, 0.5) is 0 Å². The van der Waals surface area contributed by atoms with Crippen molar-refractivity contribution in [3.05, 3.63) is 41.5 Å². The molecule has 0 aromatic heterocycles. The number of carbonyl (C=O) groups is 1. The number of sulfone groups is 1. The fourth-order valence-electron chi connectivity index (χ4n) is 1.64. The third-order valence-corrected chi connectivity index (χ3v) is 4.21. The monoisotopic (exact) mass is 254 g/mol. The SMILES string of the molecule is C=CCS(=O)(=O)c1cc(C(=O)O)c(C)cc1C. The molecule has 0 radical (unpaired) electrons. The molecule has 0 amide bonds. The Balaban J connectivity index is 3.50. The third-order valence-electron chi connectivity index (χ3n) is 2.42. The normalized spacial score (nSPS) is 11.2. The summed E-state index contributed by atoms with van der Waals surface area (Å²) in [5, 5.41) is 8.96. The lowest BCUT2D eigenvalue weighted by molar-refractivity contribution is 0.0696. The molecule has 17 heavy (non-hydrogen) atoms. The molecule has 1 aromatic rings. The number of hydrogen-bond donors (Lipinski definition) is 1. The van der Waals surface area contributed by atoms with Crippen LogP contribution >= 0.6 is 0 Å². The van der Waals surface area contributed by atoms with E-state index >= 15 is 0 Å². The first kappa shape index (κ1) is 13.4. The van der Waals surface area contributed by atoms with Crippen LogP contribution in [0.5, 0.6) is 0 Å². The molecule has 4 nitrogen and oxygen atoms in total. The molecule has 0 saturated heterocycles. The van der Waals surface area contributed by atoms with Crippen molar-refractivity contribution in [1.29, 1.82) is 0 Å². The third kappa shape index (κ3) is 2.74. The molecule has 0 unspecified atom stereocenters. The summed E-state index contributed by atoms with van der Waals surface area (Å²) in [7, 11) is -3.50. The Bertz CT molecular complexity index is 570. The largest absolute Gasteiger partial charge is 0.478 e. The summed E-state index contributed by atoms with van der Waals surface area (Å²) in [4.78, 5) is 11.0. The number of benzene rings is 1. The zero-order valence-electron chi connectivity index (χ0n) is 9.73. The van der Waals surface area contributed by atoms with Crippen molar-refractivity contribution in [2.45, 2.75) is 18.7 Å². The molecule has 0 aliphatic carbocycles. The van der Waals surface area contributed by atoms with E-state index in [1.165, 1.54) is 12.1 Å². The molecule has 0 heterocycles. The second-order valence-corrected chi connectivity index (χ2v) is 5.81. The quantitative estimate of drug-likeness (QED) is 0.834. The highest BCUT2D eigenvalue weighted by Gasteiger charge is 2.19. The predicted octanol–water partition coefficient (Wildman–Crippen LogP) is 1.96. The molecule has 0 aliphatic heterocycles. The second kappa shape index (κ2) is 4.71. The van der Waals surface area contributed by atoms with Gasteiger partial charge in [0.05, 0.1) is 16.2 Å². The van der Waals surface area contributed by atoms with Crippen molar-refractivity contribution < 1.29 is 18.3 Å². The Morgan fingerprint density at radius 3 is 2.41 bits per heavy atom. The number of rotatable bonds is 4. The van der Waals surface area contributed by atoms with Crippen LogP contribution in [0.1, 0.15) is 21.5 Å². The van der Waals surface area contributed by atoms with Gasteiger partial charge in [0.25, 0.3) is 0 Å². The van der Waals surface area contributed by atoms with E-state index in [9.17, 15) is 13.2 Å². The van der Waals surface area contributed by atoms with Gasteiger partial charge in [-0.2, -0.15) is 0 Å². The summed E-state index contributed by atoms with van der Waals surface area (Å²) in [6.07, 6.45) is 1.29. The van der Waals surface area contributed by atoms with E-state index in [1.807, 2.05) is 0 Å². The van der Waals surface area contributed by atoms with Gasteiger partial charge in [0, 0.05) is 0 Å². The van der Waals surface area contributed by atoms with E-state index in [1.54, 1.807) is 19.9 Å². The van der Waals surface area contributed by atoms with Gasteiger partial charge in [0.2, 0.25) is 0 Å². The van der Waals surface area contributed by atoms with Crippen LogP contribution in [-0.4, -0.2) is 25.2 Å². The van der Waals surface area contributed by atoms with Gasteiger partial charge >= 0.3 is 5.97 Å². The van der Waals surface area contributed by atoms with E-state index in [4.69, 9.17) is 5.11 Å². The Labute approximate surface area is 101 Å². The smallest absolute Gasteiger partial charge is 0.335 e. The summed E-state index contributed by atoms with van der Waals surface area (Å²) in [5.74, 6) is -1.33. The fraction of sp³-hybridized carbons (Fsp3) is 0.250. The van der Waals surface area contributed by atoms with Gasteiger partial charge in [-0.1, -0.05) is 12.1 Å². The maximum absolute atomic E-state index is 11.9. The van der Waals surface area contributed by atoms with Gasteiger partial charge in [0.15, 0.2) is 9.84 Å². The molecule has 5 heteroatoms. The number of carboxylic acid groups (broad SMARTS) is 1. The minimum Gasteiger partial charge on any atom is -0.478 e. The Kier molecular flexibility index (Phi) is 3.72. The van der Waals surface area contributed by atoms with Gasteiger partial charge in [-0.05, 0) is 31.0 Å². The molecule has 1 aromatic carbocycles. The van der Waals surface area contributed by atoms with Crippen molar-refractivity contribution in [3.63, 3.8) is 0 Å². The van der Waals surface area contributed by atoms with E-state index < -0.39 is 15.8 Å². The van der Waals surface area contributed by atoms with E-state index in [-0.39, 0.29) is 16.2 Å². The van der Waals surface area contributed by atoms with Gasteiger partial charge in [0.1, 0.15) is 0 Å². The molecule has 0 bridgehead atoms. The summed E-state index contributed by atoms with van der Waals surface area (Å²) in [5.41, 5.74) is 1.11. The zero-order chi connectivity index (χ0) is 13.2. The summed E-state index contributed by atoms with van der Waals surface area (Å²) < 4.78 is 23.7. The lowest BCUT2D eigenvalue weighted by Gasteiger charge is -2.09. The molecule has 0 saturated carbocycles. The minimum atomic E-state index is -3.50. The van der Waals surface area contributed by atoms with Crippen molar-refractivity contribution in [2.24, 2.45) is 0 Å². The molecule has 0 spiro atoms. The predicted molar refractivity (Wildman–Crippen MR) is 65.1 cm³/mol. The van der Waals surface area contributed by atoms with Crippen molar-refractivity contribution in [1.82, 2.24) is 0 Å². The maximum Gasteiger partial charge on any atom is 0.335 e. The number of carboxylic acids is 1. The average molecular weight is 254 g/mol. The van der Waals surface area contributed by atoms with Gasteiger partial charge in [-0.15, -0.1) is 6.58 Å². The zero-order valence-corrected chi connectivity index (χ0v) is 10.5. The highest BCUT2D eigenvalue weighted by Crippen LogP contribution is 2.21. The van der Waals surface area contributed by atoms with E-state index in [0.717, 1.165) is 0 Å². The van der Waals surface area contributed by atoms with Crippen LogP contribution < -0.4 is 0 Å². The molecule has 0 aliphatic rings. The molecule has 1 N–H and O–H groups in total. The Morgan fingerprint density at radius 2 is 1.94 bits per heavy atom. The van der Waals surface area contributed by atoms with Gasteiger partial charge in [-0.25, -0.2) is 13.2 Å². The van der Waals surface area contributed by atoms with Crippen molar-refractivity contribution >= 4 is 15.8 Å². The van der Waals surface area contributed by atoms with Crippen molar-refractivity contribution in [3.8, 4) is 0 Å². The summed E-state index contributed by atoms with van der Waals surface area (Å²) in [6.45, 7) is 6.67. The standard InChI is InChI=1S/C12H14O4S/c1-4-5-17(15,16)11-7-10(12(13)14)8(2)6-9(11)3/h4,6-7H,1,5H2,2-3H3,(H,13,14). The molecule has 0 atom stereocenters. The molecular weight excluding hydrogens is 240 g/mol. The first-order valence-electron chi connectivity index (χ1n) is 4.98. The summed E-state index contributed by atoms with van der Waals surface area (Å²) >= 11 is 0. The number of hydrogen-bond acceptors (Lipinski definition) is 3. The van der Waals surface area contributed by atoms with Crippen LogP contribution in [0.15, 0.2) is 29.7 Å². The summed E-state index contributed by atoms with van der Waals surface area (Å²) in [6, 6.07) is 2.78. The average Bonchev–Trinajstić information content (AvgIpc) is 2.15. The number of aromatic carboxylic acids is 1. The minimum absolute atomic E-state index is 0.0123. The fourth-order valence-corrected chi connectivity index (χ4v) is 2.98.